The number of piperidine rings is 1. The lowest BCUT2D eigenvalue weighted by Crippen LogP contribution is -2.50. The fraction of sp³-hybridized carbons (Fsp3) is 0.688. The molecule has 18 heavy (non-hydrogen) atoms. The maximum atomic E-state index is 12.6. The lowest BCUT2D eigenvalue weighted by molar-refractivity contribution is -0.125. The highest BCUT2D eigenvalue weighted by Crippen LogP contribution is 2.37. The number of carbonyl (C=O) groups is 1. The Labute approximate surface area is 111 Å². The average molecular weight is 247 g/mol. The second-order valence-corrected chi connectivity index (χ2v) is 6.87. The largest absolute Gasteiger partial charge is 0.363 e. The van der Waals surface area contributed by atoms with Gasteiger partial charge in [-0.3, -0.25) is 4.79 Å². The van der Waals surface area contributed by atoms with Crippen molar-refractivity contribution in [3.8, 4) is 0 Å². The van der Waals surface area contributed by atoms with Crippen LogP contribution in [-0.2, 0) is 4.79 Å². The van der Waals surface area contributed by atoms with Gasteiger partial charge in [0, 0.05) is 17.5 Å². The quantitative estimate of drug-likeness (QED) is 0.704. The van der Waals surface area contributed by atoms with Crippen molar-refractivity contribution in [1.29, 1.82) is 0 Å². The van der Waals surface area contributed by atoms with E-state index in [4.69, 9.17) is 0 Å². The first kappa shape index (κ1) is 13.4. The van der Waals surface area contributed by atoms with Crippen LogP contribution in [0, 0.1) is 5.41 Å². The number of rotatable bonds is 1. The summed E-state index contributed by atoms with van der Waals surface area (Å²) >= 11 is 0. The van der Waals surface area contributed by atoms with Gasteiger partial charge >= 0.3 is 0 Å². The van der Waals surface area contributed by atoms with E-state index in [0.717, 1.165) is 18.7 Å². The lowest BCUT2D eigenvalue weighted by Gasteiger charge is -2.47. The zero-order valence-electron chi connectivity index (χ0n) is 12.1. The molecule has 1 saturated heterocycles. The van der Waals surface area contributed by atoms with Gasteiger partial charge in [0.1, 0.15) is 0 Å². The lowest BCUT2D eigenvalue weighted by atomic mass is 9.82. The van der Waals surface area contributed by atoms with Crippen molar-refractivity contribution in [3.63, 3.8) is 0 Å². The number of nitrogens with zero attached hydrogens (tertiary/aromatic N) is 1. The van der Waals surface area contributed by atoms with Gasteiger partial charge in [-0.15, -0.1) is 0 Å². The maximum Gasteiger partial charge on any atom is 0.184 e. The van der Waals surface area contributed by atoms with Gasteiger partial charge in [-0.1, -0.05) is 32.9 Å². The summed E-state index contributed by atoms with van der Waals surface area (Å²) in [5.74, 6) is 0.266. The number of Topliss-reactive ketones (excluding diaryl/α,β-unsaturated/α-hetero) is 1. The molecule has 0 aromatic carbocycles. The first-order valence-corrected chi connectivity index (χ1v) is 7.04. The van der Waals surface area contributed by atoms with Crippen LogP contribution in [0.3, 0.4) is 0 Å². The molecule has 0 spiro atoms. The van der Waals surface area contributed by atoms with Crippen LogP contribution in [0.25, 0.3) is 0 Å². The molecule has 0 saturated carbocycles. The highest BCUT2D eigenvalue weighted by molar-refractivity contribution is 5.99. The fourth-order valence-corrected chi connectivity index (χ4v) is 2.96. The van der Waals surface area contributed by atoms with Crippen LogP contribution in [0.5, 0.6) is 0 Å². The minimum Gasteiger partial charge on any atom is -0.363 e. The number of hydrogen-bond donors (Lipinski definition) is 0. The minimum atomic E-state index is -0.303. The number of fused-ring (bicyclic) bond motifs is 1. The van der Waals surface area contributed by atoms with Crippen molar-refractivity contribution in [2.24, 2.45) is 5.41 Å². The molecule has 2 rings (SSSR count). The SMILES string of the molecule is CC(C)(C)C(=O)C1=CC=CCC2(C)CCCCN12. The Kier molecular flexibility index (Phi) is 3.39. The van der Waals surface area contributed by atoms with Crippen LogP contribution in [0.4, 0.5) is 0 Å². The predicted molar refractivity (Wildman–Crippen MR) is 75.3 cm³/mol. The Bertz CT molecular complexity index is 400. The Morgan fingerprint density at radius 2 is 2.06 bits per heavy atom. The smallest absolute Gasteiger partial charge is 0.184 e. The standard InChI is InChI=1S/C16H25NO/c1-15(2,3)14(18)13-9-5-6-10-16(4)11-7-8-12-17(13)16/h5-6,9H,7-8,10-12H2,1-4H3. The number of hydrogen-bond acceptors (Lipinski definition) is 2. The second kappa shape index (κ2) is 4.56. The van der Waals surface area contributed by atoms with Gasteiger partial charge < -0.3 is 4.90 Å². The highest BCUT2D eigenvalue weighted by atomic mass is 16.1. The third-order valence-corrected chi connectivity index (χ3v) is 4.15. The zero-order chi connectivity index (χ0) is 13.4. The molecule has 0 aliphatic carbocycles. The molecule has 0 radical (unpaired) electrons. The van der Waals surface area contributed by atoms with Crippen molar-refractivity contribution in [2.45, 2.75) is 58.9 Å². The molecule has 1 fully saturated rings. The summed E-state index contributed by atoms with van der Waals surface area (Å²) in [5.41, 5.74) is 0.749. The summed E-state index contributed by atoms with van der Waals surface area (Å²) < 4.78 is 0. The summed E-state index contributed by atoms with van der Waals surface area (Å²) in [6.45, 7) is 9.33. The van der Waals surface area contributed by atoms with E-state index in [1.165, 1.54) is 19.3 Å². The van der Waals surface area contributed by atoms with E-state index in [1.54, 1.807) is 0 Å². The fourth-order valence-electron chi connectivity index (χ4n) is 2.96. The molecule has 0 bridgehead atoms. The van der Waals surface area contributed by atoms with Gasteiger partial charge in [-0.05, 0) is 38.7 Å². The van der Waals surface area contributed by atoms with Crippen molar-refractivity contribution < 1.29 is 4.79 Å². The molecule has 2 heterocycles. The second-order valence-electron chi connectivity index (χ2n) is 6.87. The first-order chi connectivity index (χ1) is 8.34. The summed E-state index contributed by atoms with van der Waals surface area (Å²) in [6, 6.07) is 0. The Balaban J connectivity index is 2.36. The summed E-state index contributed by atoms with van der Waals surface area (Å²) in [5, 5.41) is 0. The van der Waals surface area contributed by atoms with Crippen molar-refractivity contribution >= 4 is 5.78 Å². The van der Waals surface area contributed by atoms with Crippen molar-refractivity contribution in [1.82, 2.24) is 4.90 Å². The van der Waals surface area contributed by atoms with E-state index in [1.807, 2.05) is 26.8 Å². The monoisotopic (exact) mass is 247 g/mol. The van der Waals surface area contributed by atoms with Gasteiger partial charge in [0.25, 0.3) is 0 Å². The van der Waals surface area contributed by atoms with Gasteiger partial charge in [0.15, 0.2) is 5.78 Å². The molecule has 2 nitrogen and oxygen atoms in total. The molecule has 100 valence electrons. The van der Waals surface area contributed by atoms with E-state index < -0.39 is 0 Å². The third kappa shape index (κ3) is 2.38. The van der Waals surface area contributed by atoms with Crippen LogP contribution in [0.15, 0.2) is 23.9 Å². The van der Waals surface area contributed by atoms with Crippen LogP contribution in [-0.4, -0.2) is 22.8 Å². The predicted octanol–water partition coefficient (Wildman–Crippen LogP) is 3.69. The number of carbonyl (C=O) groups excluding carboxylic acids is 1. The first-order valence-electron chi connectivity index (χ1n) is 7.04. The van der Waals surface area contributed by atoms with Gasteiger partial charge in [-0.2, -0.15) is 0 Å². The number of allylic oxidation sites excluding steroid dienone is 3. The van der Waals surface area contributed by atoms with E-state index in [0.29, 0.717) is 0 Å². The molecule has 2 aliphatic heterocycles. The third-order valence-electron chi connectivity index (χ3n) is 4.15. The Hall–Kier alpha value is -1.05. The molecular weight excluding hydrogens is 222 g/mol. The minimum absolute atomic E-state index is 0.137. The van der Waals surface area contributed by atoms with Gasteiger partial charge in [-0.25, -0.2) is 0 Å². The van der Waals surface area contributed by atoms with Crippen LogP contribution in [0.1, 0.15) is 53.4 Å². The van der Waals surface area contributed by atoms with Crippen LogP contribution in [0.2, 0.25) is 0 Å². The van der Waals surface area contributed by atoms with Crippen LogP contribution >= 0.6 is 0 Å². The topological polar surface area (TPSA) is 20.3 Å². The molecule has 0 N–H and O–H groups in total. The van der Waals surface area contributed by atoms with E-state index in [9.17, 15) is 4.79 Å². The van der Waals surface area contributed by atoms with Crippen LogP contribution < -0.4 is 0 Å². The van der Waals surface area contributed by atoms with Gasteiger partial charge in [0.2, 0.25) is 0 Å². The summed E-state index contributed by atoms with van der Waals surface area (Å²) in [7, 11) is 0. The van der Waals surface area contributed by atoms with Crippen molar-refractivity contribution in [3.05, 3.63) is 23.9 Å². The normalized spacial score (nSPS) is 28.4. The zero-order valence-corrected chi connectivity index (χ0v) is 12.1. The number of ketones is 1. The summed E-state index contributed by atoms with van der Waals surface area (Å²) in [4.78, 5) is 15.0. The summed E-state index contributed by atoms with van der Waals surface area (Å²) in [6.07, 6.45) is 11.0. The van der Waals surface area contributed by atoms with Crippen molar-refractivity contribution in [2.75, 3.05) is 6.54 Å². The van der Waals surface area contributed by atoms with E-state index >= 15 is 0 Å². The van der Waals surface area contributed by atoms with Gasteiger partial charge in [0.05, 0.1) is 5.70 Å². The molecule has 0 aromatic rings. The maximum absolute atomic E-state index is 12.6. The Morgan fingerprint density at radius 1 is 1.33 bits per heavy atom. The molecule has 0 amide bonds. The molecule has 0 aromatic heterocycles. The average Bonchev–Trinajstić information content (AvgIpc) is 2.45. The molecular formula is C16H25NO. The molecule has 1 unspecified atom stereocenters. The molecule has 2 heteroatoms. The molecule has 2 aliphatic rings. The van der Waals surface area contributed by atoms with E-state index in [-0.39, 0.29) is 16.7 Å². The molecule has 1 atom stereocenters. The Morgan fingerprint density at radius 3 is 2.72 bits per heavy atom. The van der Waals surface area contributed by atoms with E-state index in [2.05, 4.69) is 24.0 Å². The highest BCUT2D eigenvalue weighted by Gasteiger charge is 2.39.